The lowest BCUT2D eigenvalue weighted by molar-refractivity contribution is -0.343. The van der Waals surface area contributed by atoms with Crippen molar-refractivity contribution in [1.82, 2.24) is 0 Å². The third-order valence-corrected chi connectivity index (χ3v) is 1.67. The second kappa shape index (κ2) is 13.1. The van der Waals surface area contributed by atoms with E-state index in [-0.39, 0.29) is 0 Å². The molecule has 0 aliphatic heterocycles. The molecule has 0 atom stereocenters. The van der Waals surface area contributed by atoms with Crippen molar-refractivity contribution in [3.63, 3.8) is 0 Å². The van der Waals surface area contributed by atoms with Gasteiger partial charge in [-0.25, -0.2) is 4.79 Å². The average molecular weight is 274 g/mol. The number of hydrogen-bond acceptors (Lipinski definition) is 4. The Labute approximate surface area is 115 Å². The van der Waals surface area contributed by atoms with Gasteiger partial charge in [0.1, 0.15) is 0 Å². The van der Waals surface area contributed by atoms with Crippen molar-refractivity contribution < 1.29 is 19.0 Å². The monoisotopic (exact) mass is 274 g/mol. The molecular formula is C13H26N2O4. The third-order valence-electron chi connectivity index (χ3n) is 1.67. The lowest BCUT2D eigenvalue weighted by Crippen LogP contribution is -2.38. The van der Waals surface area contributed by atoms with Crippen LogP contribution in [0.25, 0.3) is 0 Å². The van der Waals surface area contributed by atoms with Gasteiger partial charge in [0.2, 0.25) is 0 Å². The fourth-order valence-electron chi connectivity index (χ4n) is 0.959. The second-order valence-electron chi connectivity index (χ2n) is 3.65. The van der Waals surface area contributed by atoms with Gasteiger partial charge in [0.15, 0.2) is 0 Å². The van der Waals surface area contributed by atoms with Gasteiger partial charge in [-0.1, -0.05) is 20.8 Å². The highest BCUT2D eigenvalue weighted by Crippen LogP contribution is 2.15. The van der Waals surface area contributed by atoms with Crippen LogP contribution >= 0.6 is 0 Å². The summed E-state index contributed by atoms with van der Waals surface area (Å²) in [5, 5.41) is 0. The Morgan fingerprint density at radius 3 is 1.42 bits per heavy atom. The van der Waals surface area contributed by atoms with Gasteiger partial charge in [0, 0.05) is 0 Å². The molecule has 0 aliphatic carbocycles. The van der Waals surface area contributed by atoms with E-state index in [9.17, 15) is 0 Å². The molecule has 0 unspecified atom stereocenters. The summed E-state index contributed by atoms with van der Waals surface area (Å²) in [6.07, 6.45) is 8.06. The first-order valence-electron chi connectivity index (χ1n) is 6.42. The second-order valence-corrected chi connectivity index (χ2v) is 3.65. The molecule has 0 radical (unpaired) electrons. The molecule has 0 fully saturated rings. The van der Waals surface area contributed by atoms with E-state index in [0.29, 0.717) is 19.8 Å². The van der Waals surface area contributed by atoms with E-state index in [2.05, 4.69) is 17.4 Å². The van der Waals surface area contributed by atoms with Crippen LogP contribution < -0.4 is 11.5 Å². The molecule has 2 amide bonds. The largest absolute Gasteiger partial charge is 0.353 e. The average Bonchev–Trinajstić information content (AvgIpc) is 2.38. The highest BCUT2D eigenvalue weighted by molar-refractivity contribution is 5.69. The highest BCUT2D eigenvalue weighted by atomic mass is 16.9. The van der Waals surface area contributed by atoms with E-state index < -0.39 is 12.0 Å². The number of urea groups is 1. The molecule has 19 heavy (non-hydrogen) atoms. The summed E-state index contributed by atoms with van der Waals surface area (Å²) in [5.74, 6) is 1.18. The quantitative estimate of drug-likeness (QED) is 0.492. The lowest BCUT2D eigenvalue weighted by Gasteiger charge is -2.27. The first kappa shape index (κ1) is 20.0. The molecule has 0 saturated carbocycles. The molecule has 6 heteroatoms. The van der Waals surface area contributed by atoms with Crippen LogP contribution in [-0.2, 0) is 14.2 Å². The van der Waals surface area contributed by atoms with Crippen LogP contribution in [0.2, 0.25) is 0 Å². The normalized spacial score (nSPS) is 10.2. The minimum absolute atomic E-state index is 0.539. The smallest absolute Gasteiger partial charge is 0.352 e. The van der Waals surface area contributed by atoms with Gasteiger partial charge in [-0.05, 0) is 25.2 Å². The molecule has 4 N–H and O–H groups in total. The van der Waals surface area contributed by atoms with Crippen LogP contribution in [0.3, 0.4) is 0 Å². The van der Waals surface area contributed by atoms with Crippen LogP contribution in [0, 0.1) is 12.3 Å². The molecule has 0 spiro atoms. The van der Waals surface area contributed by atoms with Crippen LogP contribution in [0.15, 0.2) is 0 Å². The molecule has 0 saturated heterocycles. The van der Waals surface area contributed by atoms with E-state index >= 15 is 0 Å². The molecule has 0 aromatic carbocycles. The Hall–Kier alpha value is -1.29. The Balaban J connectivity index is 0. The summed E-state index contributed by atoms with van der Waals surface area (Å²) in [7, 11) is 0. The number of primary amides is 2. The third kappa shape index (κ3) is 12.9. The van der Waals surface area contributed by atoms with E-state index in [1.54, 1.807) is 0 Å². The number of carbonyl (C=O) groups is 1. The van der Waals surface area contributed by atoms with Crippen molar-refractivity contribution >= 4 is 6.03 Å². The fourth-order valence-corrected chi connectivity index (χ4v) is 0.959. The molecule has 0 rings (SSSR count). The summed E-state index contributed by atoms with van der Waals surface area (Å²) in [6.45, 7) is 7.66. The first-order valence-corrected chi connectivity index (χ1v) is 6.42. The van der Waals surface area contributed by atoms with Crippen molar-refractivity contribution in [3.05, 3.63) is 0 Å². The zero-order valence-electron chi connectivity index (χ0n) is 12.1. The highest BCUT2D eigenvalue weighted by Gasteiger charge is 2.30. The van der Waals surface area contributed by atoms with Crippen LogP contribution in [0.5, 0.6) is 0 Å². The predicted octanol–water partition coefficient (Wildman–Crippen LogP) is 1.58. The van der Waals surface area contributed by atoms with Crippen molar-refractivity contribution in [2.75, 3.05) is 19.8 Å². The van der Waals surface area contributed by atoms with Crippen LogP contribution in [0.1, 0.15) is 40.0 Å². The number of nitrogens with two attached hydrogens (primary N) is 2. The molecule has 6 nitrogen and oxygen atoms in total. The molecule has 0 bridgehead atoms. The van der Waals surface area contributed by atoms with Gasteiger partial charge >= 0.3 is 12.0 Å². The predicted molar refractivity (Wildman–Crippen MR) is 74.1 cm³/mol. The van der Waals surface area contributed by atoms with Crippen molar-refractivity contribution in [2.24, 2.45) is 11.5 Å². The van der Waals surface area contributed by atoms with Gasteiger partial charge in [-0.3, -0.25) is 0 Å². The maximum atomic E-state index is 9.00. The summed E-state index contributed by atoms with van der Waals surface area (Å²) >= 11 is 0. The van der Waals surface area contributed by atoms with Gasteiger partial charge in [-0.2, -0.15) is 0 Å². The van der Waals surface area contributed by atoms with Crippen LogP contribution in [0.4, 0.5) is 4.79 Å². The summed E-state index contributed by atoms with van der Waals surface area (Å²) < 4.78 is 16.4. The van der Waals surface area contributed by atoms with Crippen molar-refractivity contribution in [2.45, 2.75) is 46.0 Å². The van der Waals surface area contributed by atoms with Gasteiger partial charge in [-0.15, -0.1) is 6.42 Å². The molecular weight excluding hydrogens is 248 g/mol. The van der Waals surface area contributed by atoms with E-state index in [1.165, 1.54) is 0 Å². The maximum Gasteiger partial charge on any atom is 0.353 e. The number of ether oxygens (including phenoxy) is 3. The minimum atomic E-state index is -1.28. The van der Waals surface area contributed by atoms with E-state index in [0.717, 1.165) is 19.3 Å². The number of terminal acetylenes is 1. The Kier molecular flexibility index (Phi) is 13.9. The van der Waals surface area contributed by atoms with Gasteiger partial charge in [0.25, 0.3) is 0 Å². The van der Waals surface area contributed by atoms with Crippen LogP contribution in [-0.4, -0.2) is 31.8 Å². The number of carbonyl (C=O) groups excluding carboxylic acids is 1. The molecule has 0 heterocycles. The van der Waals surface area contributed by atoms with Gasteiger partial charge in [0.05, 0.1) is 19.8 Å². The molecule has 0 aromatic heterocycles. The Morgan fingerprint density at radius 2 is 1.26 bits per heavy atom. The van der Waals surface area contributed by atoms with Crippen molar-refractivity contribution in [1.29, 1.82) is 0 Å². The summed E-state index contributed by atoms with van der Waals surface area (Å²) in [4.78, 5) is 9.00. The lowest BCUT2D eigenvalue weighted by atomic mass is 10.4. The number of rotatable bonds is 9. The SMILES string of the molecule is C#CC(OCCC)(OCCC)OCCC.NC(N)=O. The minimum Gasteiger partial charge on any atom is -0.352 e. The topological polar surface area (TPSA) is 96.8 Å². The number of amides is 2. The molecule has 112 valence electrons. The summed E-state index contributed by atoms with van der Waals surface area (Å²) in [6, 6.07) is -0.833. The van der Waals surface area contributed by atoms with Crippen molar-refractivity contribution in [3.8, 4) is 12.3 Å². The first-order chi connectivity index (χ1) is 8.97. The van der Waals surface area contributed by atoms with E-state index in [1.807, 2.05) is 20.8 Å². The van der Waals surface area contributed by atoms with E-state index in [4.69, 9.17) is 25.4 Å². The standard InChI is InChI=1S/C12H22O3.CH4N2O/c1-5-9-13-12(8-4,14-10-6-2)15-11-7-3;2-1(3)4/h4H,5-7,9-11H2,1-3H3;(H4,2,3,4). The fraction of sp³-hybridized carbons (Fsp3) is 0.769. The summed E-state index contributed by atoms with van der Waals surface area (Å²) in [5.41, 5.74) is 8.50. The molecule has 0 aliphatic rings. The van der Waals surface area contributed by atoms with Gasteiger partial charge < -0.3 is 25.7 Å². The zero-order chi connectivity index (χ0) is 15.1. The Bertz CT molecular complexity index is 238. The zero-order valence-corrected chi connectivity index (χ0v) is 12.1. The number of hydrogen-bond donors (Lipinski definition) is 2. The molecule has 0 aromatic rings. The maximum absolute atomic E-state index is 9.00. The Morgan fingerprint density at radius 1 is 1.00 bits per heavy atom.